The van der Waals surface area contributed by atoms with E-state index in [2.05, 4.69) is 0 Å². The van der Waals surface area contributed by atoms with Crippen molar-refractivity contribution in [2.75, 3.05) is 14.2 Å². The maximum Gasteiger partial charge on any atom is 0.345 e. The number of aryl methyl sites for hydroxylation is 2. The van der Waals surface area contributed by atoms with Crippen LogP contribution in [0.1, 0.15) is 22.3 Å². The van der Waals surface area contributed by atoms with Gasteiger partial charge in [0.25, 0.3) is 0 Å². The van der Waals surface area contributed by atoms with Gasteiger partial charge in [-0.15, -0.1) is 0 Å². The van der Waals surface area contributed by atoms with Crippen LogP contribution < -0.4 is 14.2 Å². The summed E-state index contributed by atoms with van der Waals surface area (Å²) in [6.07, 6.45) is -0.822. The Labute approximate surface area is 148 Å². The normalized spacial score (nSPS) is 11.7. The number of carboxylic acids is 1. The van der Waals surface area contributed by atoms with Gasteiger partial charge in [0.2, 0.25) is 0 Å². The number of carbonyl (C=O) groups is 1. The lowest BCUT2D eigenvalue weighted by atomic mass is 10.0. The minimum absolute atomic E-state index is 0.189. The second-order valence-electron chi connectivity index (χ2n) is 6.03. The molecule has 0 saturated heterocycles. The number of ether oxygens (including phenoxy) is 3. The van der Waals surface area contributed by atoms with Gasteiger partial charge in [-0.2, -0.15) is 0 Å². The topological polar surface area (TPSA) is 65.0 Å². The van der Waals surface area contributed by atoms with Crippen LogP contribution in [0.15, 0.2) is 30.3 Å². The Balaban J connectivity index is 2.30. The van der Waals surface area contributed by atoms with Gasteiger partial charge in [0.15, 0.2) is 6.10 Å². The van der Waals surface area contributed by atoms with E-state index in [1.807, 2.05) is 32.9 Å². The molecule has 1 unspecified atom stereocenters. The molecule has 0 saturated carbocycles. The molecule has 0 bridgehead atoms. The minimum Gasteiger partial charge on any atom is -0.497 e. The van der Waals surface area contributed by atoms with Crippen molar-refractivity contribution in [3.63, 3.8) is 0 Å². The van der Waals surface area contributed by atoms with E-state index in [1.54, 1.807) is 32.4 Å². The molecule has 25 heavy (non-hydrogen) atoms. The molecule has 1 N–H and O–H groups in total. The molecule has 2 aromatic carbocycles. The summed E-state index contributed by atoms with van der Waals surface area (Å²) in [6.45, 7) is 5.87. The van der Waals surface area contributed by atoms with Crippen molar-refractivity contribution in [1.29, 1.82) is 0 Å². The second-order valence-corrected chi connectivity index (χ2v) is 6.03. The second kappa shape index (κ2) is 7.92. The fourth-order valence-corrected chi connectivity index (χ4v) is 2.68. The molecule has 0 aromatic heterocycles. The first kappa shape index (κ1) is 18.6. The van der Waals surface area contributed by atoms with Crippen molar-refractivity contribution in [2.45, 2.75) is 33.3 Å². The lowest BCUT2D eigenvalue weighted by molar-refractivity contribution is -0.145. The lowest BCUT2D eigenvalue weighted by Crippen LogP contribution is -2.30. The van der Waals surface area contributed by atoms with Crippen LogP contribution in [-0.2, 0) is 11.2 Å². The Hall–Kier alpha value is -2.69. The van der Waals surface area contributed by atoms with Crippen LogP contribution in [0.2, 0.25) is 0 Å². The molecule has 0 spiro atoms. The molecule has 0 aliphatic carbocycles. The van der Waals surface area contributed by atoms with Crippen molar-refractivity contribution in [2.24, 2.45) is 0 Å². The maximum absolute atomic E-state index is 11.7. The van der Waals surface area contributed by atoms with Crippen LogP contribution >= 0.6 is 0 Å². The molecule has 0 aliphatic heterocycles. The van der Waals surface area contributed by atoms with Crippen molar-refractivity contribution < 1.29 is 24.1 Å². The first-order valence-corrected chi connectivity index (χ1v) is 8.04. The van der Waals surface area contributed by atoms with Crippen LogP contribution in [-0.4, -0.2) is 31.4 Å². The fourth-order valence-electron chi connectivity index (χ4n) is 2.68. The van der Waals surface area contributed by atoms with Crippen LogP contribution in [0.3, 0.4) is 0 Å². The molecule has 0 fully saturated rings. The standard InChI is InChI=1S/C20H24O5/c1-12-8-13(2)14(3)17(9-12)25-19(20(21)22)10-15-6-7-16(23-4)11-18(15)24-5/h6-9,11,19H,10H2,1-5H3,(H,21,22). The van der Waals surface area contributed by atoms with Gasteiger partial charge in [-0.3, -0.25) is 0 Å². The first-order valence-electron chi connectivity index (χ1n) is 8.04. The summed E-state index contributed by atoms with van der Waals surface area (Å²) in [4.78, 5) is 11.7. The van der Waals surface area contributed by atoms with Gasteiger partial charge in [0.05, 0.1) is 14.2 Å². The zero-order chi connectivity index (χ0) is 18.6. The van der Waals surface area contributed by atoms with E-state index in [-0.39, 0.29) is 6.42 Å². The summed E-state index contributed by atoms with van der Waals surface area (Å²) in [6, 6.07) is 9.22. The van der Waals surface area contributed by atoms with E-state index in [4.69, 9.17) is 14.2 Å². The highest BCUT2D eigenvalue weighted by atomic mass is 16.5. The van der Waals surface area contributed by atoms with Gasteiger partial charge < -0.3 is 19.3 Å². The summed E-state index contributed by atoms with van der Waals surface area (Å²) < 4.78 is 16.4. The van der Waals surface area contributed by atoms with Crippen molar-refractivity contribution in [3.05, 3.63) is 52.6 Å². The Kier molecular flexibility index (Phi) is 5.91. The number of benzene rings is 2. The molecule has 2 rings (SSSR count). The van der Waals surface area contributed by atoms with Gasteiger partial charge in [0.1, 0.15) is 17.2 Å². The highest BCUT2D eigenvalue weighted by molar-refractivity contribution is 5.73. The van der Waals surface area contributed by atoms with Crippen LogP contribution in [0.4, 0.5) is 0 Å². The molecule has 134 valence electrons. The molecule has 0 radical (unpaired) electrons. The Bertz CT molecular complexity index is 767. The van der Waals surface area contributed by atoms with E-state index >= 15 is 0 Å². The third-order valence-corrected chi connectivity index (χ3v) is 4.21. The number of methoxy groups -OCH3 is 2. The fraction of sp³-hybridized carbons (Fsp3) is 0.350. The summed E-state index contributed by atoms with van der Waals surface area (Å²) in [5.41, 5.74) is 3.79. The van der Waals surface area contributed by atoms with E-state index in [0.717, 1.165) is 22.3 Å². The summed E-state index contributed by atoms with van der Waals surface area (Å²) in [5, 5.41) is 9.60. The molecule has 5 heteroatoms. The van der Waals surface area contributed by atoms with E-state index < -0.39 is 12.1 Å². The van der Waals surface area contributed by atoms with Gasteiger partial charge in [-0.1, -0.05) is 12.1 Å². The first-order chi connectivity index (χ1) is 11.8. The molecule has 0 heterocycles. The summed E-state index contributed by atoms with van der Waals surface area (Å²) >= 11 is 0. The summed E-state index contributed by atoms with van der Waals surface area (Å²) in [7, 11) is 3.11. The van der Waals surface area contributed by atoms with Crippen LogP contribution in [0.25, 0.3) is 0 Å². The quantitative estimate of drug-likeness (QED) is 0.829. The third kappa shape index (κ3) is 4.44. The van der Waals surface area contributed by atoms with E-state index in [0.29, 0.717) is 17.2 Å². The van der Waals surface area contributed by atoms with Crippen LogP contribution in [0.5, 0.6) is 17.2 Å². The van der Waals surface area contributed by atoms with Crippen molar-refractivity contribution >= 4 is 5.97 Å². The van der Waals surface area contributed by atoms with E-state index in [1.165, 1.54) is 0 Å². The number of rotatable bonds is 7. The lowest BCUT2D eigenvalue weighted by Gasteiger charge is -2.19. The highest BCUT2D eigenvalue weighted by Crippen LogP contribution is 2.28. The molecule has 5 nitrogen and oxygen atoms in total. The molecule has 2 aromatic rings. The predicted molar refractivity (Wildman–Crippen MR) is 96.0 cm³/mol. The highest BCUT2D eigenvalue weighted by Gasteiger charge is 2.23. The predicted octanol–water partition coefficient (Wildman–Crippen LogP) is 3.70. The Morgan fingerprint density at radius 3 is 2.36 bits per heavy atom. The monoisotopic (exact) mass is 344 g/mol. The minimum atomic E-state index is -1.02. The molecule has 0 amide bonds. The average molecular weight is 344 g/mol. The number of hydrogen-bond acceptors (Lipinski definition) is 4. The smallest absolute Gasteiger partial charge is 0.345 e. The zero-order valence-electron chi connectivity index (χ0n) is 15.3. The molecular weight excluding hydrogens is 320 g/mol. The summed E-state index contributed by atoms with van der Waals surface area (Å²) in [5.74, 6) is 0.804. The van der Waals surface area contributed by atoms with Crippen molar-refractivity contribution in [3.8, 4) is 17.2 Å². The number of aliphatic carboxylic acids is 1. The Morgan fingerprint density at radius 2 is 1.76 bits per heavy atom. The van der Waals surface area contributed by atoms with Gasteiger partial charge in [0, 0.05) is 12.5 Å². The van der Waals surface area contributed by atoms with Gasteiger partial charge in [-0.25, -0.2) is 4.79 Å². The SMILES string of the molecule is COc1ccc(CC(Oc2cc(C)cc(C)c2C)C(=O)O)c(OC)c1. The zero-order valence-corrected chi connectivity index (χ0v) is 15.3. The van der Waals surface area contributed by atoms with Gasteiger partial charge >= 0.3 is 5.97 Å². The molecular formula is C20H24O5. The average Bonchev–Trinajstić information content (AvgIpc) is 2.58. The molecule has 1 atom stereocenters. The number of carboxylic acid groups (broad SMARTS) is 1. The number of hydrogen-bond donors (Lipinski definition) is 1. The van der Waals surface area contributed by atoms with Crippen molar-refractivity contribution in [1.82, 2.24) is 0 Å². The van der Waals surface area contributed by atoms with E-state index in [9.17, 15) is 9.90 Å². The largest absolute Gasteiger partial charge is 0.497 e. The van der Waals surface area contributed by atoms with Gasteiger partial charge in [-0.05, 0) is 55.2 Å². The van der Waals surface area contributed by atoms with Crippen LogP contribution in [0, 0.1) is 20.8 Å². The third-order valence-electron chi connectivity index (χ3n) is 4.21. The molecule has 0 aliphatic rings. The maximum atomic E-state index is 11.7. The Morgan fingerprint density at radius 1 is 1.04 bits per heavy atom.